The lowest BCUT2D eigenvalue weighted by atomic mass is 10.1. The Kier molecular flexibility index (Phi) is 10.5. The van der Waals surface area contributed by atoms with Crippen LogP contribution in [-0.4, -0.2) is 101 Å². The number of fused-ring (bicyclic) bond motifs is 2. The first-order valence-corrected chi connectivity index (χ1v) is 16.7. The fourth-order valence-electron chi connectivity index (χ4n) is 5.60. The number of ether oxygens (including phenoxy) is 1. The lowest BCUT2D eigenvalue weighted by Gasteiger charge is -2.35. The number of carbonyl (C=O) groups excluding carboxylic acids is 2. The predicted molar refractivity (Wildman–Crippen MR) is 188 cm³/mol. The fraction of sp³-hybridized carbons (Fsp3) is 0.281. The van der Waals surface area contributed by atoms with Gasteiger partial charge in [0.05, 0.1) is 41.8 Å². The molecule has 1 fully saturated rings. The molecule has 2 aliphatic heterocycles. The summed E-state index contributed by atoms with van der Waals surface area (Å²) < 4.78 is 31.1. The van der Waals surface area contributed by atoms with Gasteiger partial charge in [0.1, 0.15) is 10.6 Å². The standard InChI is InChI=1S/C25H31N9O2.C7H5NO3S.ClH/c1-16(34-12-10-32(2)11-13-34)23(35)28-20-7-5-6-17-18(14-27-22(17)20)19-8-9-26-25(29-19)30-21-15-33(3)31-24(21)36-4;9-7-5-3-1-2-4-6(5)12(10,11)8-7;/h5-9,14-16,27H,10-13H2,1-4H3,(H,28,35)(H,26,29,30);1-4H,(H,8,9);1H/t16-;;/m1../s1. The summed E-state index contributed by atoms with van der Waals surface area (Å²) in [5.41, 5.74) is 4.16. The van der Waals surface area contributed by atoms with Crippen LogP contribution in [0.3, 0.4) is 0 Å². The van der Waals surface area contributed by atoms with E-state index in [0.717, 1.165) is 54.0 Å². The van der Waals surface area contributed by atoms with Crippen molar-refractivity contribution in [1.82, 2.24) is 39.3 Å². The molecule has 0 unspecified atom stereocenters. The highest BCUT2D eigenvalue weighted by atomic mass is 35.5. The summed E-state index contributed by atoms with van der Waals surface area (Å²) in [5, 5.41) is 11.5. The molecule has 2 aliphatic rings. The Labute approximate surface area is 289 Å². The average molecular weight is 709 g/mol. The molecule has 258 valence electrons. The number of aryl methyl sites for hydroxylation is 1. The number of carbonyl (C=O) groups is 2. The average Bonchev–Trinajstić information content (AvgIpc) is 3.74. The van der Waals surface area contributed by atoms with E-state index >= 15 is 0 Å². The number of aromatic nitrogens is 5. The third kappa shape index (κ3) is 7.51. The van der Waals surface area contributed by atoms with Gasteiger partial charge in [0.2, 0.25) is 11.9 Å². The SMILES string of the molecule is COc1nn(C)cc1Nc1nccc(-c2c[nH]c3c(NC(=O)[C@@H](C)N4CCN(C)CC4)cccc23)n1.Cl.O=C1NS(=O)(=O)c2ccccc21. The van der Waals surface area contributed by atoms with E-state index in [4.69, 9.17) is 9.72 Å². The molecule has 5 heterocycles. The molecule has 15 nitrogen and oxygen atoms in total. The largest absolute Gasteiger partial charge is 0.478 e. The summed E-state index contributed by atoms with van der Waals surface area (Å²) in [6.45, 7) is 5.68. The van der Waals surface area contributed by atoms with Crippen molar-refractivity contribution in [2.75, 3.05) is 51.0 Å². The summed E-state index contributed by atoms with van der Waals surface area (Å²) in [7, 11) is 1.94. The van der Waals surface area contributed by atoms with Crippen molar-refractivity contribution >= 4 is 62.5 Å². The smallest absolute Gasteiger partial charge is 0.266 e. The van der Waals surface area contributed by atoms with Gasteiger partial charge in [0.25, 0.3) is 21.8 Å². The van der Waals surface area contributed by atoms with Gasteiger partial charge >= 0.3 is 0 Å². The Hall–Kier alpha value is -5.03. The normalized spacial score (nSPS) is 16.0. The highest BCUT2D eigenvalue weighted by Crippen LogP contribution is 2.32. The third-order valence-corrected chi connectivity index (χ3v) is 9.64. The maximum Gasteiger partial charge on any atom is 0.266 e. The zero-order valence-corrected chi connectivity index (χ0v) is 28.9. The minimum Gasteiger partial charge on any atom is -0.478 e. The van der Waals surface area contributed by atoms with Crippen LogP contribution < -0.4 is 20.1 Å². The number of nitrogens with one attached hydrogen (secondary N) is 4. The summed E-state index contributed by atoms with van der Waals surface area (Å²) >= 11 is 0. The predicted octanol–water partition coefficient (Wildman–Crippen LogP) is 3.23. The molecular formula is C32H37ClN10O5S. The van der Waals surface area contributed by atoms with E-state index < -0.39 is 15.9 Å². The van der Waals surface area contributed by atoms with Crippen molar-refractivity contribution in [3.8, 4) is 17.1 Å². The van der Waals surface area contributed by atoms with E-state index in [1.54, 1.807) is 36.3 Å². The van der Waals surface area contributed by atoms with Crippen LogP contribution >= 0.6 is 12.4 Å². The molecule has 3 aromatic heterocycles. The number of nitrogens with zero attached hydrogens (tertiary/aromatic N) is 6. The molecular weight excluding hydrogens is 672 g/mol. The topological polar surface area (TPSA) is 179 Å². The first kappa shape index (κ1) is 35.3. The summed E-state index contributed by atoms with van der Waals surface area (Å²) in [6, 6.07) is 13.6. The van der Waals surface area contributed by atoms with Gasteiger partial charge in [-0.2, -0.15) is 0 Å². The monoisotopic (exact) mass is 708 g/mol. The number of likely N-dealkylation sites (N-methyl/N-ethyl adjacent to an activating group) is 1. The second-order valence-electron chi connectivity index (χ2n) is 11.5. The Morgan fingerprint density at radius 1 is 1.00 bits per heavy atom. The number of benzene rings is 2. The summed E-state index contributed by atoms with van der Waals surface area (Å²) in [4.78, 5) is 41.0. The van der Waals surface area contributed by atoms with Gasteiger partial charge in [0, 0.05) is 56.6 Å². The molecule has 17 heteroatoms. The van der Waals surface area contributed by atoms with Crippen molar-refractivity contribution in [2.45, 2.75) is 17.9 Å². The van der Waals surface area contributed by atoms with Gasteiger partial charge in [0.15, 0.2) is 0 Å². The minimum absolute atomic E-state index is 0. The van der Waals surface area contributed by atoms with Gasteiger partial charge < -0.3 is 25.3 Å². The van der Waals surface area contributed by atoms with Crippen molar-refractivity contribution in [2.24, 2.45) is 7.05 Å². The molecule has 5 aromatic rings. The number of hydrogen-bond donors (Lipinski definition) is 4. The number of para-hydroxylation sites is 1. The third-order valence-electron chi connectivity index (χ3n) is 8.25. The van der Waals surface area contributed by atoms with Gasteiger partial charge in [-0.05, 0) is 38.2 Å². The number of amides is 2. The number of halogens is 1. The number of hydrogen-bond acceptors (Lipinski definition) is 11. The molecule has 2 aromatic carbocycles. The van der Waals surface area contributed by atoms with Gasteiger partial charge in [-0.1, -0.05) is 24.3 Å². The van der Waals surface area contributed by atoms with E-state index in [0.29, 0.717) is 17.5 Å². The molecule has 0 aliphatic carbocycles. The van der Waals surface area contributed by atoms with E-state index in [1.807, 2.05) is 49.2 Å². The molecule has 4 N–H and O–H groups in total. The highest BCUT2D eigenvalue weighted by Gasteiger charge is 2.31. The first-order valence-electron chi connectivity index (χ1n) is 15.2. The van der Waals surface area contributed by atoms with Crippen LogP contribution in [0.2, 0.25) is 0 Å². The van der Waals surface area contributed by atoms with Crippen LogP contribution in [0.1, 0.15) is 17.3 Å². The number of H-pyrrole nitrogens is 1. The second kappa shape index (κ2) is 14.6. The van der Waals surface area contributed by atoms with Gasteiger partial charge in [-0.3, -0.25) is 19.2 Å². The lowest BCUT2D eigenvalue weighted by molar-refractivity contribution is -0.121. The van der Waals surface area contributed by atoms with Crippen LogP contribution in [0.4, 0.5) is 17.3 Å². The molecule has 1 saturated heterocycles. The van der Waals surface area contributed by atoms with Crippen molar-refractivity contribution in [3.05, 3.63) is 72.7 Å². The van der Waals surface area contributed by atoms with Gasteiger partial charge in [-0.15, -0.1) is 17.5 Å². The molecule has 49 heavy (non-hydrogen) atoms. The molecule has 2 amide bonds. The maximum atomic E-state index is 13.1. The van der Waals surface area contributed by atoms with E-state index in [2.05, 4.69) is 42.5 Å². The quantitative estimate of drug-likeness (QED) is 0.195. The number of methoxy groups -OCH3 is 1. The van der Waals surface area contributed by atoms with Crippen LogP contribution in [0.25, 0.3) is 22.2 Å². The van der Waals surface area contributed by atoms with Crippen molar-refractivity contribution in [3.63, 3.8) is 0 Å². The number of piperazine rings is 1. The molecule has 0 spiro atoms. The zero-order valence-electron chi connectivity index (χ0n) is 27.3. The van der Waals surface area contributed by atoms with E-state index in [1.165, 1.54) is 12.1 Å². The van der Waals surface area contributed by atoms with Gasteiger partial charge in [-0.25, -0.2) is 23.1 Å². The highest BCUT2D eigenvalue weighted by molar-refractivity contribution is 7.90. The van der Waals surface area contributed by atoms with Crippen molar-refractivity contribution in [1.29, 1.82) is 0 Å². The summed E-state index contributed by atoms with van der Waals surface area (Å²) in [5.74, 6) is 0.330. The Morgan fingerprint density at radius 3 is 2.49 bits per heavy atom. The van der Waals surface area contributed by atoms with Crippen LogP contribution in [-0.2, 0) is 21.9 Å². The molecule has 0 bridgehead atoms. The second-order valence-corrected chi connectivity index (χ2v) is 13.1. The number of aromatic amines is 1. The van der Waals surface area contributed by atoms with E-state index in [-0.39, 0.29) is 34.8 Å². The number of sulfonamides is 1. The lowest BCUT2D eigenvalue weighted by Crippen LogP contribution is -2.51. The Bertz CT molecular complexity index is 2090. The molecule has 0 radical (unpaired) electrons. The fourth-order valence-corrected chi connectivity index (χ4v) is 6.77. The minimum atomic E-state index is -3.55. The first-order chi connectivity index (χ1) is 23.0. The zero-order chi connectivity index (χ0) is 34.0. The Morgan fingerprint density at radius 2 is 1.76 bits per heavy atom. The molecule has 7 rings (SSSR count). The Balaban J connectivity index is 0.000000303. The molecule has 0 saturated carbocycles. The maximum absolute atomic E-state index is 13.1. The van der Waals surface area contributed by atoms with Crippen LogP contribution in [0.15, 0.2) is 72.0 Å². The van der Waals surface area contributed by atoms with Crippen LogP contribution in [0.5, 0.6) is 5.88 Å². The van der Waals surface area contributed by atoms with E-state index in [9.17, 15) is 18.0 Å². The van der Waals surface area contributed by atoms with Crippen LogP contribution in [0, 0.1) is 0 Å². The number of rotatable bonds is 7. The summed E-state index contributed by atoms with van der Waals surface area (Å²) in [6.07, 6.45) is 5.41. The molecule has 1 atom stereocenters. The van der Waals surface area contributed by atoms with Crippen molar-refractivity contribution < 1.29 is 22.7 Å². The number of anilines is 3.